The van der Waals surface area contributed by atoms with E-state index in [0.29, 0.717) is 24.0 Å². The predicted octanol–water partition coefficient (Wildman–Crippen LogP) is 5.56. The average Bonchev–Trinajstić information content (AvgIpc) is 3.23. The van der Waals surface area contributed by atoms with Gasteiger partial charge in [0.25, 0.3) is 0 Å². The summed E-state index contributed by atoms with van der Waals surface area (Å²) in [5.41, 5.74) is 6.20. The minimum Gasteiger partial charge on any atom is -0.329 e. The Bertz CT molecular complexity index is 1230. The summed E-state index contributed by atoms with van der Waals surface area (Å²) in [5, 5.41) is 17.0. The van der Waals surface area contributed by atoms with Crippen molar-refractivity contribution in [1.82, 2.24) is 19.6 Å². The maximum absolute atomic E-state index is 5.98. The fourth-order valence-corrected chi connectivity index (χ4v) is 3.88. The molecule has 32 heavy (non-hydrogen) atoms. The smallest absolute Gasteiger partial charge is 0.176 e. The molecular formula is C24H25ClN6S. The lowest BCUT2D eigenvalue weighted by Gasteiger charge is -2.10. The first-order chi connectivity index (χ1) is 15.4. The average molecular weight is 465 g/mol. The largest absolute Gasteiger partial charge is 0.329 e. The Labute approximate surface area is 198 Å². The number of nitrogens with zero attached hydrogens (tertiary/aromatic N) is 4. The highest BCUT2D eigenvalue weighted by molar-refractivity contribution is 7.80. The van der Waals surface area contributed by atoms with Crippen molar-refractivity contribution in [2.24, 2.45) is 0 Å². The summed E-state index contributed by atoms with van der Waals surface area (Å²) >= 11 is 11.5. The second-order valence-corrected chi connectivity index (χ2v) is 8.57. The van der Waals surface area contributed by atoms with Crippen LogP contribution in [0.1, 0.15) is 28.2 Å². The Morgan fingerprint density at radius 2 is 1.53 bits per heavy atom. The molecule has 2 aromatic carbocycles. The minimum atomic E-state index is 0.478. The van der Waals surface area contributed by atoms with E-state index in [-0.39, 0.29) is 0 Å². The summed E-state index contributed by atoms with van der Waals surface area (Å²) in [6, 6.07) is 20.0. The van der Waals surface area contributed by atoms with E-state index < -0.39 is 0 Å². The minimum absolute atomic E-state index is 0.478. The molecule has 0 fully saturated rings. The Balaban J connectivity index is 1.42. The van der Waals surface area contributed by atoms with E-state index in [0.717, 1.165) is 33.4 Å². The maximum atomic E-state index is 5.98. The van der Waals surface area contributed by atoms with E-state index in [1.54, 1.807) is 0 Å². The number of hydrogen-bond donors (Lipinski definition) is 2. The predicted molar refractivity (Wildman–Crippen MR) is 135 cm³/mol. The molecule has 6 nitrogen and oxygen atoms in total. The third-order valence-electron chi connectivity index (χ3n) is 5.26. The van der Waals surface area contributed by atoms with Gasteiger partial charge in [-0.15, -0.1) is 0 Å². The first-order valence-electron chi connectivity index (χ1n) is 10.3. The van der Waals surface area contributed by atoms with Crippen LogP contribution in [0, 0.1) is 20.8 Å². The van der Waals surface area contributed by atoms with Crippen molar-refractivity contribution in [2.45, 2.75) is 33.9 Å². The van der Waals surface area contributed by atoms with Crippen molar-refractivity contribution in [3.63, 3.8) is 0 Å². The Morgan fingerprint density at radius 3 is 2.25 bits per heavy atom. The summed E-state index contributed by atoms with van der Waals surface area (Å²) in [7, 11) is 0. The van der Waals surface area contributed by atoms with Crippen molar-refractivity contribution in [3.8, 4) is 0 Å². The quantitative estimate of drug-likeness (QED) is 0.365. The molecular weight excluding hydrogens is 440 g/mol. The lowest BCUT2D eigenvalue weighted by Crippen LogP contribution is -2.20. The number of anilines is 2. The van der Waals surface area contributed by atoms with Crippen LogP contribution in [0.25, 0.3) is 0 Å². The Kier molecular flexibility index (Phi) is 6.58. The molecule has 2 N–H and O–H groups in total. The highest BCUT2D eigenvalue weighted by Gasteiger charge is 2.14. The molecule has 0 aliphatic heterocycles. The first kappa shape index (κ1) is 22.0. The van der Waals surface area contributed by atoms with Crippen LogP contribution < -0.4 is 10.6 Å². The molecule has 0 bridgehead atoms. The molecule has 0 aliphatic rings. The van der Waals surface area contributed by atoms with Gasteiger partial charge in [0.2, 0.25) is 0 Å². The van der Waals surface area contributed by atoms with Gasteiger partial charge in [0.05, 0.1) is 30.2 Å². The molecule has 0 unspecified atom stereocenters. The van der Waals surface area contributed by atoms with E-state index in [2.05, 4.69) is 33.0 Å². The molecule has 0 spiro atoms. The highest BCUT2D eigenvalue weighted by Crippen LogP contribution is 2.21. The number of aryl methyl sites for hydroxylation is 2. The van der Waals surface area contributed by atoms with Crippen LogP contribution in [-0.2, 0) is 13.1 Å². The molecule has 8 heteroatoms. The molecule has 2 heterocycles. The van der Waals surface area contributed by atoms with Crippen LogP contribution in [0.5, 0.6) is 0 Å². The zero-order valence-corrected chi connectivity index (χ0v) is 19.8. The van der Waals surface area contributed by atoms with Gasteiger partial charge in [0.1, 0.15) is 0 Å². The van der Waals surface area contributed by atoms with Crippen LogP contribution in [-0.4, -0.2) is 24.7 Å². The lowest BCUT2D eigenvalue weighted by molar-refractivity contribution is 0.659. The van der Waals surface area contributed by atoms with Gasteiger partial charge in [-0.25, -0.2) is 0 Å². The number of nitrogens with one attached hydrogen (secondary N) is 2. The van der Waals surface area contributed by atoms with Crippen molar-refractivity contribution in [1.29, 1.82) is 0 Å². The Hall–Kier alpha value is -3.16. The zero-order chi connectivity index (χ0) is 22.7. The number of hydrogen-bond acceptors (Lipinski definition) is 3. The van der Waals surface area contributed by atoms with E-state index in [1.807, 2.05) is 78.7 Å². The number of thiocarbonyl (C=S) groups is 1. The summed E-state index contributed by atoms with van der Waals surface area (Å²) in [5.74, 6) is 0.695. The van der Waals surface area contributed by atoms with E-state index in [9.17, 15) is 0 Å². The summed E-state index contributed by atoms with van der Waals surface area (Å²) < 4.78 is 3.92. The molecule has 0 amide bonds. The molecule has 164 valence electrons. The monoisotopic (exact) mass is 464 g/mol. The number of halogens is 1. The molecule has 0 saturated carbocycles. The normalized spacial score (nSPS) is 10.9. The first-order valence-corrected chi connectivity index (χ1v) is 11.1. The number of benzene rings is 2. The molecule has 0 saturated heterocycles. The molecule has 0 aliphatic carbocycles. The SMILES string of the molecule is Cc1nn(Cc2ccccc2)c(C)c1NC(=S)Nc1cc(C)n(Cc2ccc(Cl)cc2)n1. The van der Waals surface area contributed by atoms with Gasteiger partial charge < -0.3 is 10.6 Å². The molecule has 4 aromatic rings. The second-order valence-electron chi connectivity index (χ2n) is 7.72. The topological polar surface area (TPSA) is 59.7 Å². The van der Waals surface area contributed by atoms with Gasteiger partial charge in [-0.3, -0.25) is 9.36 Å². The third-order valence-corrected chi connectivity index (χ3v) is 5.72. The zero-order valence-electron chi connectivity index (χ0n) is 18.3. The fourth-order valence-electron chi connectivity index (χ4n) is 3.54. The summed E-state index contributed by atoms with van der Waals surface area (Å²) in [6.07, 6.45) is 0. The number of aromatic nitrogens is 4. The van der Waals surface area contributed by atoms with Gasteiger partial charge >= 0.3 is 0 Å². The summed E-state index contributed by atoms with van der Waals surface area (Å²) in [4.78, 5) is 0. The molecule has 0 radical (unpaired) electrons. The molecule has 2 aromatic heterocycles. The van der Waals surface area contributed by atoms with Crippen LogP contribution in [0.2, 0.25) is 5.02 Å². The maximum Gasteiger partial charge on any atom is 0.176 e. The standard InChI is InChI=1S/C24H25ClN6S/c1-16-13-22(29-30(16)14-20-9-11-21(25)12-10-20)26-24(32)27-23-17(2)28-31(18(23)3)15-19-7-5-4-6-8-19/h4-13H,14-15H2,1-3H3,(H2,26,27,29,32). The van der Waals surface area contributed by atoms with Gasteiger partial charge in [0.15, 0.2) is 10.9 Å². The van der Waals surface area contributed by atoms with E-state index in [4.69, 9.17) is 23.8 Å². The summed E-state index contributed by atoms with van der Waals surface area (Å²) in [6.45, 7) is 7.41. The van der Waals surface area contributed by atoms with Gasteiger partial charge in [0, 0.05) is 16.8 Å². The van der Waals surface area contributed by atoms with E-state index >= 15 is 0 Å². The second kappa shape index (κ2) is 9.54. The van der Waals surface area contributed by atoms with Crippen molar-refractivity contribution in [3.05, 3.63) is 93.9 Å². The van der Waals surface area contributed by atoms with Crippen LogP contribution in [0.3, 0.4) is 0 Å². The van der Waals surface area contributed by atoms with Gasteiger partial charge in [-0.1, -0.05) is 54.1 Å². The van der Waals surface area contributed by atoms with Gasteiger partial charge in [-0.2, -0.15) is 10.2 Å². The van der Waals surface area contributed by atoms with Crippen LogP contribution >= 0.6 is 23.8 Å². The fraction of sp³-hybridized carbons (Fsp3) is 0.208. The van der Waals surface area contributed by atoms with Crippen LogP contribution in [0.15, 0.2) is 60.7 Å². The molecule has 0 atom stereocenters. The van der Waals surface area contributed by atoms with Crippen LogP contribution in [0.4, 0.5) is 11.5 Å². The van der Waals surface area contributed by atoms with E-state index in [1.165, 1.54) is 5.56 Å². The molecule has 4 rings (SSSR count). The lowest BCUT2D eigenvalue weighted by atomic mass is 10.2. The van der Waals surface area contributed by atoms with Crippen molar-refractivity contribution in [2.75, 3.05) is 10.6 Å². The third kappa shape index (κ3) is 5.18. The van der Waals surface area contributed by atoms with Gasteiger partial charge in [-0.05, 0) is 56.2 Å². The highest BCUT2D eigenvalue weighted by atomic mass is 35.5. The number of rotatable bonds is 6. The van der Waals surface area contributed by atoms with Crippen molar-refractivity contribution >= 4 is 40.4 Å². The van der Waals surface area contributed by atoms with Crippen molar-refractivity contribution < 1.29 is 0 Å². The Morgan fingerprint density at radius 1 is 0.875 bits per heavy atom.